The van der Waals surface area contributed by atoms with Gasteiger partial charge >= 0.3 is 5.97 Å². The van der Waals surface area contributed by atoms with Crippen LogP contribution in [-0.4, -0.2) is 147 Å². The van der Waals surface area contributed by atoms with Crippen LogP contribution in [0.1, 0.15) is 84.6 Å². The molecule has 0 aromatic heterocycles. The molecule has 0 spiro atoms. The lowest BCUT2D eigenvalue weighted by Crippen LogP contribution is -2.61. The van der Waals surface area contributed by atoms with Crippen LogP contribution >= 0.6 is 21.6 Å². The van der Waals surface area contributed by atoms with Crippen LogP contribution in [0.2, 0.25) is 0 Å². The number of hydrogen-bond donors (Lipinski definition) is 11. The van der Waals surface area contributed by atoms with E-state index in [0.717, 1.165) is 21.6 Å². The van der Waals surface area contributed by atoms with Gasteiger partial charge in [-0.1, -0.05) is 67.8 Å². The molecule has 2 saturated heterocycles. The van der Waals surface area contributed by atoms with Gasteiger partial charge in [0.05, 0.1) is 13.0 Å². The predicted octanol–water partition coefficient (Wildman–Crippen LogP) is -1.95. The van der Waals surface area contributed by atoms with Crippen LogP contribution in [0.25, 0.3) is 0 Å². The van der Waals surface area contributed by atoms with Gasteiger partial charge in [-0.3, -0.25) is 52.7 Å². The van der Waals surface area contributed by atoms with Gasteiger partial charge in [0.1, 0.15) is 48.0 Å². The van der Waals surface area contributed by atoms with Gasteiger partial charge < -0.3 is 63.8 Å². The second kappa shape index (κ2) is 27.6. The van der Waals surface area contributed by atoms with E-state index in [9.17, 15) is 63.0 Å². The topological polar surface area (TPSA) is 368 Å². The lowest BCUT2D eigenvalue weighted by Gasteiger charge is -2.31. The Kier molecular flexibility index (Phi) is 22.9. The number of carboxylic acid groups (broad SMARTS) is 1. The van der Waals surface area contributed by atoms with E-state index >= 15 is 0 Å². The van der Waals surface area contributed by atoms with E-state index in [0.29, 0.717) is 18.4 Å². The second-order valence-corrected chi connectivity index (χ2v) is 19.7. The largest absolute Gasteiger partial charge is 0.508 e. The van der Waals surface area contributed by atoms with Crippen molar-refractivity contribution < 1.29 is 63.0 Å². The first kappa shape index (κ1) is 56.2. The number of phenols is 1. The molecule has 0 radical (unpaired) electrons. The molecule has 0 bridgehead atoms. The van der Waals surface area contributed by atoms with Crippen LogP contribution in [-0.2, 0) is 59.2 Å². The fourth-order valence-electron chi connectivity index (χ4n) is 7.31. The number of aliphatic carboxylic acids is 1. The minimum atomic E-state index is -1.76. The van der Waals surface area contributed by atoms with E-state index < -0.39 is 139 Å². The molecular formula is C43H64N10O13S2. The number of carbonyl (C=O) groups excluding carboxylic acids is 10. The number of phenolic OH excluding ortho intramolecular Hbond substituents is 1. The minimum Gasteiger partial charge on any atom is -0.508 e. The molecule has 8 atom stereocenters. The highest BCUT2D eigenvalue weighted by molar-refractivity contribution is 8.76. The van der Waals surface area contributed by atoms with Crippen molar-refractivity contribution in [3.63, 3.8) is 0 Å². The quantitative estimate of drug-likeness (QED) is 0.0756. The Balaban J connectivity index is 2.02. The van der Waals surface area contributed by atoms with Crippen LogP contribution in [0.3, 0.4) is 0 Å². The zero-order chi connectivity index (χ0) is 50.7. The number of hydrogen-bond acceptors (Lipinski definition) is 14. The summed E-state index contributed by atoms with van der Waals surface area (Å²) in [6.07, 6.45) is -1.07. The van der Waals surface area contributed by atoms with Gasteiger partial charge in [0.25, 0.3) is 0 Å². The molecule has 23 nitrogen and oxygen atoms in total. The maximum Gasteiger partial charge on any atom is 0.303 e. The lowest BCUT2D eigenvalue weighted by atomic mass is 9.96. The third-order valence-electron chi connectivity index (χ3n) is 11.1. The van der Waals surface area contributed by atoms with E-state index in [1.165, 1.54) is 17.0 Å². The van der Waals surface area contributed by atoms with Crippen molar-refractivity contribution in [3.8, 4) is 5.75 Å². The van der Waals surface area contributed by atoms with Crippen molar-refractivity contribution in [1.29, 1.82) is 0 Å². The predicted molar refractivity (Wildman–Crippen MR) is 249 cm³/mol. The highest BCUT2D eigenvalue weighted by Crippen LogP contribution is 2.26. The third kappa shape index (κ3) is 18.5. The van der Waals surface area contributed by atoms with E-state index in [2.05, 4.69) is 37.2 Å². The zero-order valence-corrected chi connectivity index (χ0v) is 40.1. The molecule has 2 aliphatic heterocycles. The van der Waals surface area contributed by atoms with E-state index in [4.69, 9.17) is 11.5 Å². The van der Waals surface area contributed by atoms with E-state index in [-0.39, 0.29) is 55.4 Å². The molecular weight excluding hydrogens is 929 g/mol. The summed E-state index contributed by atoms with van der Waals surface area (Å²) in [6.45, 7) is 6.62. The van der Waals surface area contributed by atoms with Crippen LogP contribution in [0, 0.1) is 11.8 Å². The SMILES string of the molecule is CC[C@H](C)[C@@H]1NC(=O)[C@H](Cc2ccc(O)cc2)NC(=O)CCSSC[C@@H](C(=O)N2CCC[C@H]2C(=O)N[C@@H](CC(C)C)C(=O)NCC(N)=O)NC(=O)[C@H](CC(N)=O)NC(=O)[C@H](CCC(=O)O)NC1=O. The summed E-state index contributed by atoms with van der Waals surface area (Å²) in [4.78, 5) is 147. The fourth-order valence-corrected chi connectivity index (χ4v) is 9.45. The molecule has 0 unspecified atom stereocenters. The maximum atomic E-state index is 14.4. The Hall–Kier alpha value is -6.11. The first-order valence-corrected chi connectivity index (χ1v) is 24.8. The smallest absolute Gasteiger partial charge is 0.303 e. The Labute approximate surface area is 401 Å². The molecule has 10 amide bonds. The third-order valence-corrected chi connectivity index (χ3v) is 13.5. The maximum absolute atomic E-state index is 14.4. The van der Waals surface area contributed by atoms with E-state index in [1.807, 2.05) is 13.8 Å². The van der Waals surface area contributed by atoms with Gasteiger partial charge in [-0.05, 0) is 55.2 Å². The number of carbonyl (C=O) groups is 11. The first-order chi connectivity index (χ1) is 32.1. The van der Waals surface area contributed by atoms with Crippen molar-refractivity contribution >= 4 is 86.6 Å². The Morgan fingerprint density at radius 3 is 2.10 bits per heavy atom. The molecule has 0 aliphatic carbocycles. The number of rotatable bonds is 17. The van der Waals surface area contributed by atoms with Gasteiger partial charge in [0, 0.05) is 37.3 Å². The van der Waals surface area contributed by atoms with Crippen LogP contribution in [0.15, 0.2) is 24.3 Å². The number of nitrogens with zero attached hydrogens (tertiary/aromatic N) is 1. The average molecular weight is 993 g/mol. The average Bonchev–Trinajstić information content (AvgIpc) is 3.77. The van der Waals surface area contributed by atoms with Gasteiger partial charge in [0.15, 0.2) is 0 Å². The molecule has 2 aliphatic rings. The molecule has 1 aromatic rings. The van der Waals surface area contributed by atoms with Crippen molar-refractivity contribution in [3.05, 3.63) is 29.8 Å². The van der Waals surface area contributed by atoms with Gasteiger partial charge in [-0.25, -0.2) is 0 Å². The number of nitrogens with one attached hydrogen (secondary N) is 7. The summed E-state index contributed by atoms with van der Waals surface area (Å²) in [5.41, 5.74) is 11.2. The molecule has 376 valence electrons. The highest BCUT2D eigenvalue weighted by atomic mass is 33.1. The van der Waals surface area contributed by atoms with Crippen LogP contribution in [0.5, 0.6) is 5.75 Å². The van der Waals surface area contributed by atoms with Crippen molar-refractivity contribution in [2.24, 2.45) is 23.3 Å². The molecule has 1 aromatic carbocycles. The first-order valence-electron chi connectivity index (χ1n) is 22.3. The monoisotopic (exact) mass is 992 g/mol. The van der Waals surface area contributed by atoms with Crippen molar-refractivity contribution in [1.82, 2.24) is 42.1 Å². The standard InChI is InChI=1S/C43H64N10O13S2/c1-5-23(4)36-42(65)48-26(12-13-35(58)59)38(61)49-29(19-32(44)55)39(62)51-30(21-68-67-16-14-34(57)47-28(40(63)52-36)18-24-8-10-25(54)11-9-24)43(66)53-15-6-7-31(53)41(64)50-27(17-22(2)3)37(60)46-20-33(45)56/h8-11,22-23,26-31,36,54H,5-7,12-21H2,1-4H3,(H2,44,55)(H2,45,56)(H,46,60)(H,47,57)(H,48,65)(H,49,61)(H,50,64)(H,51,62)(H,52,63)(H,58,59)/t23-,26-,27-,28-,29-,30-,31-,36-/m0/s1. The van der Waals surface area contributed by atoms with Crippen LogP contribution in [0.4, 0.5) is 0 Å². The Bertz CT molecular complexity index is 2010. The molecule has 2 fully saturated rings. The zero-order valence-electron chi connectivity index (χ0n) is 38.5. The summed E-state index contributed by atoms with van der Waals surface area (Å²) in [5, 5.41) is 37.2. The van der Waals surface area contributed by atoms with Crippen LogP contribution < -0.4 is 48.7 Å². The molecule has 25 heteroatoms. The number of amides is 10. The Morgan fingerprint density at radius 1 is 0.838 bits per heavy atom. The highest BCUT2D eigenvalue weighted by Gasteiger charge is 2.41. The summed E-state index contributed by atoms with van der Waals surface area (Å²) >= 11 is 0. The summed E-state index contributed by atoms with van der Waals surface area (Å²) < 4.78 is 0. The van der Waals surface area contributed by atoms with Gasteiger partial charge in [-0.2, -0.15) is 0 Å². The normalized spacial score (nSPS) is 23.4. The lowest BCUT2D eigenvalue weighted by molar-refractivity contribution is -0.142. The molecule has 68 heavy (non-hydrogen) atoms. The van der Waals surface area contributed by atoms with Gasteiger partial charge in [-0.15, -0.1) is 0 Å². The molecule has 0 saturated carbocycles. The molecule has 2 heterocycles. The number of carboxylic acids is 1. The fraction of sp³-hybridized carbons (Fsp3) is 0.605. The number of nitrogens with two attached hydrogens (primary N) is 2. The number of primary amides is 2. The van der Waals surface area contributed by atoms with Crippen molar-refractivity contribution in [2.45, 2.75) is 128 Å². The Morgan fingerprint density at radius 2 is 1.49 bits per heavy atom. The number of likely N-dealkylation sites (tertiary alicyclic amines) is 1. The summed E-state index contributed by atoms with van der Waals surface area (Å²) in [6, 6.07) is -3.67. The second-order valence-electron chi connectivity index (χ2n) is 17.1. The molecule has 13 N–H and O–H groups in total. The molecule has 3 rings (SSSR count). The number of aromatic hydroxyl groups is 1. The minimum absolute atomic E-state index is 0.0333. The summed E-state index contributed by atoms with van der Waals surface area (Å²) in [5.74, 6) is -10.4. The van der Waals surface area contributed by atoms with Crippen molar-refractivity contribution in [2.75, 3.05) is 24.6 Å². The number of benzene rings is 1. The summed E-state index contributed by atoms with van der Waals surface area (Å²) in [7, 11) is 2.22. The van der Waals surface area contributed by atoms with E-state index in [1.54, 1.807) is 26.0 Å². The van der Waals surface area contributed by atoms with Gasteiger partial charge in [0.2, 0.25) is 59.1 Å².